The predicted octanol–water partition coefficient (Wildman–Crippen LogP) is 2.03. The Morgan fingerprint density at radius 1 is 1.42 bits per heavy atom. The molecule has 0 spiro atoms. The van der Waals surface area contributed by atoms with Gasteiger partial charge in [-0.2, -0.15) is 0 Å². The molecule has 2 aromatic rings. The fourth-order valence-electron chi connectivity index (χ4n) is 1.80. The van der Waals surface area contributed by atoms with Gasteiger partial charge in [0, 0.05) is 30.6 Å². The van der Waals surface area contributed by atoms with E-state index in [4.69, 9.17) is 0 Å². The second kappa shape index (κ2) is 6.77. The highest BCUT2D eigenvalue weighted by Gasteiger charge is 2.04. The van der Waals surface area contributed by atoms with Gasteiger partial charge in [0.1, 0.15) is 0 Å². The van der Waals surface area contributed by atoms with Crippen LogP contribution in [0.2, 0.25) is 0 Å². The molecule has 0 bridgehead atoms. The van der Waals surface area contributed by atoms with Gasteiger partial charge < -0.3 is 5.32 Å². The maximum atomic E-state index is 4.25. The summed E-state index contributed by atoms with van der Waals surface area (Å²) in [6.07, 6.45) is 2.99. The summed E-state index contributed by atoms with van der Waals surface area (Å²) in [7, 11) is 0. The van der Waals surface area contributed by atoms with Crippen molar-refractivity contribution in [3.63, 3.8) is 0 Å². The van der Waals surface area contributed by atoms with E-state index in [0.717, 1.165) is 37.4 Å². The molecule has 0 amide bonds. The minimum Gasteiger partial charge on any atom is -0.311 e. The standard InChI is InChI=1S/C13H21N5S/c1-10(2)6-14-7-12-8-18(17-16-12)5-4-13-11(3)15-9-19-13/h8-10,14H,4-7H2,1-3H3. The van der Waals surface area contributed by atoms with Crippen LogP contribution in [0, 0.1) is 12.8 Å². The van der Waals surface area contributed by atoms with E-state index in [1.807, 2.05) is 16.4 Å². The van der Waals surface area contributed by atoms with Gasteiger partial charge >= 0.3 is 0 Å². The molecule has 2 heterocycles. The Morgan fingerprint density at radius 3 is 2.95 bits per heavy atom. The van der Waals surface area contributed by atoms with Crippen molar-refractivity contribution >= 4 is 11.3 Å². The Morgan fingerprint density at radius 2 is 2.26 bits per heavy atom. The quantitative estimate of drug-likeness (QED) is 0.842. The molecule has 5 nitrogen and oxygen atoms in total. The summed E-state index contributed by atoms with van der Waals surface area (Å²) in [6, 6.07) is 0. The highest BCUT2D eigenvalue weighted by atomic mass is 32.1. The lowest BCUT2D eigenvalue weighted by molar-refractivity contribution is 0.547. The second-order valence-corrected chi connectivity index (χ2v) is 6.05. The van der Waals surface area contributed by atoms with Crippen molar-refractivity contribution in [2.24, 2.45) is 5.92 Å². The molecule has 0 radical (unpaired) electrons. The predicted molar refractivity (Wildman–Crippen MR) is 77.1 cm³/mol. The van der Waals surface area contributed by atoms with Crippen molar-refractivity contribution in [3.05, 3.63) is 28.0 Å². The summed E-state index contributed by atoms with van der Waals surface area (Å²) in [4.78, 5) is 5.58. The Balaban J connectivity index is 1.79. The van der Waals surface area contributed by atoms with Gasteiger partial charge in [0.05, 0.1) is 16.9 Å². The van der Waals surface area contributed by atoms with E-state index in [0.29, 0.717) is 5.92 Å². The fourth-order valence-corrected chi connectivity index (χ4v) is 2.57. The van der Waals surface area contributed by atoms with Crippen LogP contribution in [-0.2, 0) is 19.5 Å². The lowest BCUT2D eigenvalue weighted by Crippen LogP contribution is -2.19. The highest BCUT2D eigenvalue weighted by molar-refractivity contribution is 7.09. The molecular formula is C13H21N5S. The molecule has 0 fully saturated rings. The van der Waals surface area contributed by atoms with Crippen molar-refractivity contribution < 1.29 is 0 Å². The molecule has 0 aromatic carbocycles. The van der Waals surface area contributed by atoms with Crippen molar-refractivity contribution in [2.45, 2.75) is 40.3 Å². The molecule has 0 saturated heterocycles. The van der Waals surface area contributed by atoms with Crippen LogP contribution in [-0.4, -0.2) is 26.5 Å². The van der Waals surface area contributed by atoms with Crippen LogP contribution in [0.25, 0.3) is 0 Å². The summed E-state index contributed by atoms with van der Waals surface area (Å²) in [5.41, 5.74) is 4.03. The lowest BCUT2D eigenvalue weighted by Gasteiger charge is -2.04. The summed E-state index contributed by atoms with van der Waals surface area (Å²) >= 11 is 1.71. The first-order valence-electron chi connectivity index (χ1n) is 6.64. The topological polar surface area (TPSA) is 55.6 Å². The number of hydrogen-bond donors (Lipinski definition) is 1. The Labute approximate surface area is 118 Å². The number of nitrogens with zero attached hydrogens (tertiary/aromatic N) is 4. The molecule has 2 rings (SSSR count). The Bertz CT molecular complexity index is 503. The van der Waals surface area contributed by atoms with E-state index in [9.17, 15) is 0 Å². The first-order chi connectivity index (χ1) is 9.15. The van der Waals surface area contributed by atoms with Crippen molar-refractivity contribution in [1.82, 2.24) is 25.3 Å². The van der Waals surface area contributed by atoms with E-state index >= 15 is 0 Å². The zero-order chi connectivity index (χ0) is 13.7. The van der Waals surface area contributed by atoms with Gasteiger partial charge in [-0.1, -0.05) is 19.1 Å². The van der Waals surface area contributed by atoms with Gasteiger partial charge in [-0.3, -0.25) is 4.68 Å². The van der Waals surface area contributed by atoms with E-state index in [-0.39, 0.29) is 0 Å². The van der Waals surface area contributed by atoms with Crippen LogP contribution in [0.1, 0.15) is 30.1 Å². The number of hydrogen-bond acceptors (Lipinski definition) is 5. The molecule has 0 aliphatic heterocycles. The Kier molecular flexibility index (Phi) is 5.04. The van der Waals surface area contributed by atoms with E-state index in [1.165, 1.54) is 4.88 Å². The largest absolute Gasteiger partial charge is 0.311 e. The number of aromatic nitrogens is 4. The molecule has 104 valence electrons. The first kappa shape index (κ1) is 14.1. The SMILES string of the molecule is Cc1ncsc1CCn1cc(CNCC(C)C)nn1. The smallest absolute Gasteiger partial charge is 0.0964 e. The molecule has 19 heavy (non-hydrogen) atoms. The van der Waals surface area contributed by atoms with Crippen LogP contribution in [0.4, 0.5) is 0 Å². The molecule has 0 atom stereocenters. The van der Waals surface area contributed by atoms with Gasteiger partial charge in [0.2, 0.25) is 0 Å². The average Bonchev–Trinajstić information content (AvgIpc) is 2.95. The summed E-state index contributed by atoms with van der Waals surface area (Å²) in [5.74, 6) is 0.657. The highest BCUT2D eigenvalue weighted by Crippen LogP contribution is 2.13. The molecule has 0 aliphatic rings. The van der Waals surface area contributed by atoms with E-state index < -0.39 is 0 Å². The summed E-state index contributed by atoms with van der Waals surface area (Å²) in [6.45, 7) is 9.10. The molecule has 6 heteroatoms. The van der Waals surface area contributed by atoms with Gasteiger partial charge in [-0.15, -0.1) is 16.4 Å². The lowest BCUT2D eigenvalue weighted by atomic mass is 10.2. The third-order valence-electron chi connectivity index (χ3n) is 2.86. The number of aryl methyl sites for hydroxylation is 3. The maximum absolute atomic E-state index is 4.25. The zero-order valence-electron chi connectivity index (χ0n) is 11.8. The third-order valence-corrected chi connectivity index (χ3v) is 3.85. The van der Waals surface area contributed by atoms with Crippen molar-refractivity contribution in [2.75, 3.05) is 6.54 Å². The molecule has 0 saturated carbocycles. The first-order valence-corrected chi connectivity index (χ1v) is 7.52. The normalized spacial score (nSPS) is 11.4. The average molecular weight is 279 g/mol. The number of rotatable bonds is 7. The van der Waals surface area contributed by atoms with Crippen LogP contribution >= 0.6 is 11.3 Å². The summed E-state index contributed by atoms with van der Waals surface area (Å²) < 4.78 is 1.91. The maximum Gasteiger partial charge on any atom is 0.0964 e. The number of thiazole rings is 1. The fraction of sp³-hybridized carbons (Fsp3) is 0.615. The van der Waals surface area contributed by atoms with E-state index in [2.05, 4.69) is 41.4 Å². The van der Waals surface area contributed by atoms with Gasteiger partial charge in [0.25, 0.3) is 0 Å². The molecule has 0 unspecified atom stereocenters. The minimum atomic E-state index is 0.657. The molecular weight excluding hydrogens is 258 g/mol. The number of nitrogens with one attached hydrogen (secondary N) is 1. The zero-order valence-corrected chi connectivity index (χ0v) is 12.6. The third kappa shape index (κ3) is 4.40. The van der Waals surface area contributed by atoms with Crippen molar-refractivity contribution in [3.8, 4) is 0 Å². The Hall–Kier alpha value is -1.27. The van der Waals surface area contributed by atoms with Gasteiger partial charge in [-0.25, -0.2) is 4.98 Å². The van der Waals surface area contributed by atoms with Crippen LogP contribution < -0.4 is 5.32 Å². The van der Waals surface area contributed by atoms with E-state index in [1.54, 1.807) is 11.3 Å². The van der Waals surface area contributed by atoms with Gasteiger partial charge in [-0.05, 0) is 19.4 Å². The van der Waals surface area contributed by atoms with Crippen LogP contribution in [0.15, 0.2) is 11.7 Å². The van der Waals surface area contributed by atoms with Gasteiger partial charge in [0.15, 0.2) is 0 Å². The second-order valence-electron chi connectivity index (χ2n) is 5.11. The van der Waals surface area contributed by atoms with Crippen LogP contribution in [0.3, 0.4) is 0 Å². The van der Waals surface area contributed by atoms with Crippen molar-refractivity contribution in [1.29, 1.82) is 0 Å². The minimum absolute atomic E-state index is 0.657. The molecule has 0 aliphatic carbocycles. The summed E-state index contributed by atoms with van der Waals surface area (Å²) in [5, 5.41) is 11.7. The molecule has 1 N–H and O–H groups in total. The van der Waals surface area contributed by atoms with Crippen LogP contribution in [0.5, 0.6) is 0 Å². The molecule has 2 aromatic heterocycles. The monoisotopic (exact) mass is 279 g/mol.